The van der Waals surface area contributed by atoms with Crippen LogP contribution < -0.4 is 5.73 Å². The Balaban J connectivity index is -0.0000000933. The molecule has 0 rings (SSSR count). The summed E-state index contributed by atoms with van der Waals surface area (Å²) < 4.78 is 0. The van der Waals surface area contributed by atoms with Gasteiger partial charge < -0.3 is 10.8 Å². The second-order valence-electron chi connectivity index (χ2n) is 1.41. The fourth-order valence-electron chi connectivity index (χ4n) is 0. The summed E-state index contributed by atoms with van der Waals surface area (Å²) >= 11 is 0. The number of allylic oxidation sites excluding steroid dienone is 2. The van der Waals surface area contributed by atoms with Crippen LogP contribution in [0.2, 0.25) is 0 Å². The summed E-state index contributed by atoms with van der Waals surface area (Å²) in [6, 6.07) is 0. The van der Waals surface area contributed by atoms with Crippen LogP contribution in [0.25, 0.3) is 0 Å². The van der Waals surface area contributed by atoms with E-state index in [0.717, 1.165) is 0 Å². The molecule has 66 valence electrons. The topological polar surface area (TPSA) is 63.3 Å². The minimum atomic E-state index is -0.968. The van der Waals surface area contributed by atoms with E-state index in [0.29, 0.717) is 0 Å². The lowest BCUT2D eigenvalue weighted by Crippen LogP contribution is -2.10. The van der Waals surface area contributed by atoms with E-state index in [1.807, 2.05) is 13.8 Å². The third-order valence-corrected chi connectivity index (χ3v) is 0.175. The molecule has 3 N–H and O–H groups in total. The fourth-order valence-corrected chi connectivity index (χ4v) is 0. The Morgan fingerprint density at radius 3 is 1.55 bits per heavy atom. The highest BCUT2D eigenvalue weighted by molar-refractivity contribution is 5.68. The zero-order valence-corrected chi connectivity index (χ0v) is 7.21. The van der Waals surface area contributed by atoms with Crippen molar-refractivity contribution in [1.82, 2.24) is 0 Å². The van der Waals surface area contributed by atoms with Gasteiger partial charge in [0, 0.05) is 0 Å². The average Bonchev–Trinajstić information content (AvgIpc) is 1.91. The highest BCUT2D eigenvalue weighted by Crippen LogP contribution is 1.43. The van der Waals surface area contributed by atoms with Crippen molar-refractivity contribution in [2.45, 2.75) is 13.8 Å². The molecule has 0 aliphatic heterocycles. The smallest absolute Gasteiger partial charge is 0.317 e. The van der Waals surface area contributed by atoms with Crippen molar-refractivity contribution in [3.8, 4) is 0 Å². The Labute approximate surface area is 68.2 Å². The number of aliphatic carboxylic acids is 1. The summed E-state index contributed by atoms with van der Waals surface area (Å²) in [7, 11) is 0. The Kier molecular flexibility index (Phi) is 34.6. The van der Waals surface area contributed by atoms with Gasteiger partial charge in [0.1, 0.15) is 0 Å². The molecule has 3 heteroatoms. The third kappa shape index (κ3) is 514. The van der Waals surface area contributed by atoms with E-state index in [2.05, 4.69) is 18.9 Å². The molecule has 11 heavy (non-hydrogen) atoms. The zero-order chi connectivity index (χ0) is 9.70. The minimum Gasteiger partial charge on any atom is -0.480 e. The molecule has 3 nitrogen and oxygen atoms in total. The first kappa shape index (κ1) is 16.5. The number of carbonyl (C=O) groups is 1. The molecule has 0 atom stereocenters. The van der Waals surface area contributed by atoms with Crippen molar-refractivity contribution >= 4 is 5.97 Å². The van der Waals surface area contributed by atoms with Crippen molar-refractivity contribution in [2.24, 2.45) is 5.73 Å². The fraction of sp³-hybridized carbons (Fsp3) is 0.375. The SMILES string of the molecule is C=CC.C=CC.NCC(=O)O. The van der Waals surface area contributed by atoms with Crippen LogP contribution >= 0.6 is 0 Å². The molecular weight excluding hydrogens is 142 g/mol. The van der Waals surface area contributed by atoms with Crippen LogP contribution in [0.1, 0.15) is 13.8 Å². The third-order valence-electron chi connectivity index (χ3n) is 0.175. The van der Waals surface area contributed by atoms with Crippen LogP contribution in [0.5, 0.6) is 0 Å². The van der Waals surface area contributed by atoms with E-state index >= 15 is 0 Å². The summed E-state index contributed by atoms with van der Waals surface area (Å²) in [6.07, 6.45) is 3.50. The molecular formula is C8H17NO2. The van der Waals surface area contributed by atoms with E-state index in [1.165, 1.54) is 0 Å². The molecule has 0 heterocycles. The molecule has 0 spiro atoms. The number of carboxylic acids is 1. The van der Waals surface area contributed by atoms with Gasteiger partial charge in [-0.2, -0.15) is 0 Å². The monoisotopic (exact) mass is 159 g/mol. The number of rotatable bonds is 1. The molecule has 0 fully saturated rings. The molecule has 0 unspecified atom stereocenters. The maximum atomic E-state index is 9.24. The molecule has 0 saturated carbocycles. The van der Waals surface area contributed by atoms with Crippen molar-refractivity contribution < 1.29 is 9.90 Å². The standard InChI is InChI=1S/2C3H6.C2H5NO2/c2*1-3-2;3-1-2(4)5/h2*3H,1H2,2H3;1,3H2,(H,4,5). The van der Waals surface area contributed by atoms with Gasteiger partial charge in [0.25, 0.3) is 0 Å². The van der Waals surface area contributed by atoms with Gasteiger partial charge in [0.2, 0.25) is 0 Å². The Hall–Kier alpha value is -1.09. The van der Waals surface area contributed by atoms with Gasteiger partial charge in [-0.15, -0.1) is 13.2 Å². The summed E-state index contributed by atoms with van der Waals surface area (Å²) in [4.78, 5) is 9.24. The molecule has 0 radical (unpaired) electrons. The maximum Gasteiger partial charge on any atom is 0.317 e. The van der Waals surface area contributed by atoms with Crippen LogP contribution in [0.3, 0.4) is 0 Å². The van der Waals surface area contributed by atoms with Crippen molar-refractivity contribution in [3.63, 3.8) is 0 Å². The van der Waals surface area contributed by atoms with E-state index in [1.54, 1.807) is 12.2 Å². The van der Waals surface area contributed by atoms with Crippen LogP contribution in [-0.4, -0.2) is 17.6 Å². The Morgan fingerprint density at radius 1 is 1.45 bits per heavy atom. The minimum absolute atomic E-state index is 0.278. The van der Waals surface area contributed by atoms with E-state index in [9.17, 15) is 4.79 Å². The van der Waals surface area contributed by atoms with Gasteiger partial charge in [-0.25, -0.2) is 0 Å². The van der Waals surface area contributed by atoms with Crippen LogP contribution in [-0.2, 0) is 4.79 Å². The molecule has 0 amide bonds. The first-order valence-electron chi connectivity index (χ1n) is 3.16. The summed E-state index contributed by atoms with van der Waals surface area (Å²) in [5.74, 6) is -0.968. The normalized spacial score (nSPS) is 5.73. The van der Waals surface area contributed by atoms with Crippen molar-refractivity contribution in [2.75, 3.05) is 6.54 Å². The largest absolute Gasteiger partial charge is 0.480 e. The van der Waals surface area contributed by atoms with E-state index in [-0.39, 0.29) is 6.54 Å². The van der Waals surface area contributed by atoms with Crippen LogP contribution in [0.15, 0.2) is 25.3 Å². The summed E-state index contributed by atoms with van der Waals surface area (Å²) in [6.45, 7) is 10.2. The summed E-state index contributed by atoms with van der Waals surface area (Å²) in [5.41, 5.74) is 4.57. The van der Waals surface area contributed by atoms with Crippen molar-refractivity contribution in [3.05, 3.63) is 25.3 Å². The van der Waals surface area contributed by atoms with Crippen LogP contribution in [0.4, 0.5) is 0 Å². The Morgan fingerprint density at radius 2 is 1.55 bits per heavy atom. The number of carboxylic acid groups (broad SMARTS) is 1. The lowest BCUT2D eigenvalue weighted by atomic mass is 10.7. The molecule has 0 saturated heterocycles. The highest BCUT2D eigenvalue weighted by Gasteiger charge is 1.81. The van der Waals surface area contributed by atoms with Gasteiger partial charge in [0.15, 0.2) is 0 Å². The molecule has 0 aromatic carbocycles. The highest BCUT2D eigenvalue weighted by atomic mass is 16.4. The second-order valence-corrected chi connectivity index (χ2v) is 1.41. The number of hydrogen-bond donors (Lipinski definition) is 2. The lowest BCUT2D eigenvalue weighted by molar-refractivity contribution is -0.135. The molecule has 0 aliphatic rings. The second kappa shape index (κ2) is 23.1. The van der Waals surface area contributed by atoms with Gasteiger partial charge in [-0.1, -0.05) is 12.2 Å². The molecule has 0 aromatic rings. The molecule has 0 aromatic heterocycles. The lowest BCUT2D eigenvalue weighted by Gasteiger charge is -1.73. The summed E-state index contributed by atoms with van der Waals surface area (Å²) in [5, 5.41) is 7.60. The van der Waals surface area contributed by atoms with E-state index < -0.39 is 5.97 Å². The average molecular weight is 159 g/mol. The number of nitrogens with two attached hydrogens (primary N) is 1. The quantitative estimate of drug-likeness (QED) is 0.569. The van der Waals surface area contributed by atoms with Gasteiger partial charge in [-0.05, 0) is 13.8 Å². The van der Waals surface area contributed by atoms with Crippen molar-refractivity contribution in [1.29, 1.82) is 0 Å². The molecule has 0 bridgehead atoms. The predicted molar refractivity (Wildman–Crippen MR) is 48.4 cm³/mol. The van der Waals surface area contributed by atoms with Gasteiger partial charge >= 0.3 is 5.97 Å². The number of hydrogen-bond acceptors (Lipinski definition) is 2. The van der Waals surface area contributed by atoms with Gasteiger partial charge in [-0.3, -0.25) is 4.79 Å². The Bertz CT molecular complexity index is 94.3. The zero-order valence-electron chi connectivity index (χ0n) is 7.21. The molecule has 0 aliphatic carbocycles. The van der Waals surface area contributed by atoms with E-state index in [4.69, 9.17) is 5.11 Å². The maximum absolute atomic E-state index is 9.24. The first-order valence-corrected chi connectivity index (χ1v) is 3.16. The predicted octanol–water partition coefficient (Wildman–Crippen LogP) is 1.41. The van der Waals surface area contributed by atoms with Crippen LogP contribution in [0, 0.1) is 0 Å². The van der Waals surface area contributed by atoms with Gasteiger partial charge in [0.05, 0.1) is 6.54 Å². The first-order chi connectivity index (χ1) is 5.10.